The molecule has 0 aliphatic rings. The first kappa shape index (κ1) is 16.8. The van der Waals surface area contributed by atoms with Gasteiger partial charge in [0.1, 0.15) is 6.54 Å². The van der Waals surface area contributed by atoms with Crippen LogP contribution in [0.4, 0.5) is 5.69 Å². The van der Waals surface area contributed by atoms with Gasteiger partial charge in [-0.15, -0.1) is 0 Å². The van der Waals surface area contributed by atoms with Gasteiger partial charge in [-0.2, -0.15) is 5.10 Å². The molecule has 25 heavy (non-hydrogen) atoms. The molecule has 2 aromatic heterocycles. The van der Waals surface area contributed by atoms with Crippen LogP contribution in [0.2, 0.25) is 0 Å². The topological polar surface area (TPSA) is 72.2 Å². The van der Waals surface area contributed by atoms with E-state index in [1.165, 1.54) is 4.90 Å². The van der Waals surface area contributed by atoms with Crippen molar-refractivity contribution in [2.45, 2.75) is 13.5 Å². The van der Waals surface area contributed by atoms with Crippen molar-refractivity contribution in [1.82, 2.24) is 19.2 Å². The molecular weight excluding hydrogens is 318 g/mol. The Morgan fingerprint density at radius 1 is 1.20 bits per heavy atom. The van der Waals surface area contributed by atoms with E-state index in [-0.39, 0.29) is 24.1 Å². The van der Waals surface area contributed by atoms with Gasteiger partial charge in [-0.1, -0.05) is 18.2 Å². The third kappa shape index (κ3) is 3.13. The third-order valence-corrected chi connectivity index (χ3v) is 4.20. The normalized spacial score (nSPS) is 10.9. The van der Waals surface area contributed by atoms with Crippen LogP contribution in [0.15, 0.2) is 36.5 Å². The third-order valence-electron chi connectivity index (χ3n) is 4.20. The average Bonchev–Trinajstić information content (AvgIpc) is 3.10. The second kappa shape index (κ2) is 6.43. The number of hydrogen-bond acceptors (Lipinski definition) is 3. The van der Waals surface area contributed by atoms with Gasteiger partial charge in [0, 0.05) is 32.9 Å². The maximum Gasteiger partial charge on any atom is 0.276 e. The van der Waals surface area contributed by atoms with Crippen LogP contribution in [-0.2, 0) is 18.4 Å². The van der Waals surface area contributed by atoms with Crippen LogP contribution in [0.25, 0.3) is 10.9 Å². The fourth-order valence-corrected chi connectivity index (χ4v) is 2.73. The smallest absolute Gasteiger partial charge is 0.276 e. The lowest BCUT2D eigenvalue weighted by atomic mass is 10.2. The van der Waals surface area contributed by atoms with Gasteiger partial charge in [0.25, 0.3) is 5.91 Å². The van der Waals surface area contributed by atoms with Crippen molar-refractivity contribution in [2.75, 3.05) is 19.4 Å². The zero-order valence-corrected chi connectivity index (χ0v) is 14.8. The molecule has 0 saturated carbocycles. The second-order valence-corrected chi connectivity index (χ2v) is 6.18. The zero-order chi connectivity index (χ0) is 18.1. The Labute approximate surface area is 145 Å². The average molecular weight is 339 g/mol. The predicted molar refractivity (Wildman–Crippen MR) is 96.5 cm³/mol. The van der Waals surface area contributed by atoms with E-state index in [1.54, 1.807) is 25.8 Å². The highest BCUT2D eigenvalue weighted by Crippen LogP contribution is 2.21. The lowest BCUT2D eigenvalue weighted by Crippen LogP contribution is -2.25. The van der Waals surface area contributed by atoms with Gasteiger partial charge < -0.3 is 14.8 Å². The van der Waals surface area contributed by atoms with Crippen LogP contribution in [0.1, 0.15) is 16.2 Å². The fourth-order valence-electron chi connectivity index (χ4n) is 2.73. The first-order chi connectivity index (χ1) is 11.9. The molecular formula is C18H21N5O2. The van der Waals surface area contributed by atoms with E-state index in [9.17, 15) is 9.59 Å². The summed E-state index contributed by atoms with van der Waals surface area (Å²) in [5.41, 5.74) is 2.43. The van der Waals surface area contributed by atoms with Crippen molar-refractivity contribution in [3.8, 4) is 0 Å². The minimum atomic E-state index is -0.245. The summed E-state index contributed by atoms with van der Waals surface area (Å²) in [6.45, 7) is 1.98. The molecule has 3 aromatic rings. The predicted octanol–water partition coefficient (Wildman–Crippen LogP) is 2.02. The Kier molecular flexibility index (Phi) is 4.31. The number of fused-ring (bicyclic) bond motifs is 1. The maximum atomic E-state index is 12.5. The van der Waals surface area contributed by atoms with E-state index in [1.807, 2.05) is 48.0 Å². The molecule has 130 valence electrons. The Balaban J connectivity index is 1.85. The zero-order valence-electron chi connectivity index (χ0n) is 14.8. The first-order valence-electron chi connectivity index (χ1n) is 7.97. The molecule has 7 nitrogen and oxygen atoms in total. The highest BCUT2D eigenvalue weighted by Gasteiger charge is 2.22. The lowest BCUT2D eigenvalue weighted by molar-refractivity contribution is -0.116. The van der Waals surface area contributed by atoms with Crippen molar-refractivity contribution in [3.63, 3.8) is 0 Å². The number of nitrogens with one attached hydrogen (secondary N) is 1. The van der Waals surface area contributed by atoms with Gasteiger partial charge in [-0.3, -0.25) is 14.3 Å². The summed E-state index contributed by atoms with van der Waals surface area (Å²) in [6.07, 6.45) is 1.88. The van der Waals surface area contributed by atoms with E-state index in [2.05, 4.69) is 10.4 Å². The van der Waals surface area contributed by atoms with E-state index in [4.69, 9.17) is 0 Å². The summed E-state index contributed by atoms with van der Waals surface area (Å²) in [4.78, 5) is 26.3. The van der Waals surface area contributed by atoms with Crippen LogP contribution < -0.4 is 5.32 Å². The van der Waals surface area contributed by atoms with Gasteiger partial charge in [0.05, 0.1) is 11.4 Å². The van der Waals surface area contributed by atoms with Crippen LogP contribution in [0.3, 0.4) is 0 Å². The summed E-state index contributed by atoms with van der Waals surface area (Å²) in [7, 11) is 5.06. The van der Waals surface area contributed by atoms with Gasteiger partial charge in [0.2, 0.25) is 5.91 Å². The molecule has 0 atom stereocenters. The number of para-hydroxylation sites is 1. The minimum absolute atomic E-state index is 0.164. The molecule has 0 radical (unpaired) electrons. The number of carbonyl (C=O) groups excluding carboxylic acids is 2. The molecule has 0 unspecified atom stereocenters. The van der Waals surface area contributed by atoms with E-state index < -0.39 is 0 Å². The number of amides is 2. The Bertz CT molecular complexity index is 952. The molecule has 0 aliphatic heterocycles. The number of benzene rings is 1. The van der Waals surface area contributed by atoms with Crippen molar-refractivity contribution in [2.24, 2.45) is 7.05 Å². The molecule has 1 aromatic carbocycles. The van der Waals surface area contributed by atoms with Crippen molar-refractivity contribution in [1.29, 1.82) is 0 Å². The molecule has 0 aliphatic carbocycles. The van der Waals surface area contributed by atoms with Crippen LogP contribution in [0.5, 0.6) is 0 Å². The minimum Gasteiger partial charge on any atom is -0.343 e. The molecule has 0 fully saturated rings. The molecule has 2 heterocycles. The lowest BCUT2D eigenvalue weighted by Gasteiger charge is -2.11. The van der Waals surface area contributed by atoms with Crippen LogP contribution in [-0.4, -0.2) is 45.2 Å². The van der Waals surface area contributed by atoms with E-state index in [0.717, 1.165) is 16.6 Å². The first-order valence-corrected chi connectivity index (χ1v) is 7.97. The molecule has 0 saturated heterocycles. The molecule has 0 spiro atoms. The van der Waals surface area contributed by atoms with Crippen molar-refractivity contribution >= 4 is 28.4 Å². The SMILES string of the molecule is Cc1c(NC(=O)Cn2ccc3ccccc32)c(C(=O)N(C)C)nn1C. The number of nitrogens with zero attached hydrogens (tertiary/aromatic N) is 4. The molecule has 0 bridgehead atoms. The monoisotopic (exact) mass is 339 g/mol. The van der Waals surface area contributed by atoms with Gasteiger partial charge in [0.15, 0.2) is 5.69 Å². The largest absolute Gasteiger partial charge is 0.343 e. The van der Waals surface area contributed by atoms with Crippen LogP contribution >= 0.6 is 0 Å². The number of hydrogen-bond donors (Lipinski definition) is 1. The molecule has 1 N–H and O–H groups in total. The van der Waals surface area contributed by atoms with Crippen molar-refractivity contribution in [3.05, 3.63) is 47.9 Å². The van der Waals surface area contributed by atoms with Gasteiger partial charge >= 0.3 is 0 Å². The highest BCUT2D eigenvalue weighted by molar-refractivity contribution is 6.03. The highest BCUT2D eigenvalue weighted by atomic mass is 16.2. The molecule has 3 rings (SSSR count). The number of rotatable bonds is 4. The van der Waals surface area contributed by atoms with Gasteiger partial charge in [-0.25, -0.2) is 0 Å². The number of carbonyl (C=O) groups is 2. The number of anilines is 1. The Morgan fingerprint density at radius 2 is 1.92 bits per heavy atom. The summed E-state index contributed by atoms with van der Waals surface area (Å²) in [5, 5.41) is 8.16. The standard InChI is InChI=1S/C18H21N5O2/c1-12-16(17(20-22(12)4)18(25)21(2)3)19-15(24)11-23-10-9-13-7-5-6-8-14(13)23/h5-10H,11H2,1-4H3,(H,19,24). The quantitative estimate of drug-likeness (QED) is 0.790. The van der Waals surface area contributed by atoms with E-state index in [0.29, 0.717) is 5.69 Å². The van der Waals surface area contributed by atoms with Crippen LogP contribution in [0, 0.1) is 6.92 Å². The second-order valence-electron chi connectivity index (χ2n) is 6.18. The maximum absolute atomic E-state index is 12.5. The summed E-state index contributed by atoms with van der Waals surface area (Å²) in [6, 6.07) is 9.85. The Hall–Kier alpha value is -3.09. The summed E-state index contributed by atoms with van der Waals surface area (Å²) < 4.78 is 3.47. The number of aryl methyl sites for hydroxylation is 1. The fraction of sp³-hybridized carbons (Fsp3) is 0.278. The molecule has 7 heteroatoms. The van der Waals surface area contributed by atoms with Crippen molar-refractivity contribution < 1.29 is 9.59 Å². The number of aromatic nitrogens is 3. The van der Waals surface area contributed by atoms with Gasteiger partial charge in [-0.05, 0) is 24.4 Å². The Morgan fingerprint density at radius 3 is 2.64 bits per heavy atom. The summed E-state index contributed by atoms with van der Waals surface area (Å²) >= 11 is 0. The van der Waals surface area contributed by atoms with E-state index >= 15 is 0 Å². The molecule has 2 amide bonds. The summed E-state index contributed by atoms with van der Waals surface area (Å²) in [5.74, 6) is -0.448.